The molecule has 0 aliphatic heterocycles. The van der Waals surface area contributed by atoms with Crippen LogP contribution in [0, 0.1) is 0 Å². The van der Waals surface area contributed by atoms with Crippen molar-refractivity contribution < 1.29 is 22.7 Å². The highest BCUT2D eigenvalue weighted by molar-refractivity contribution is 7.92. The number of hydrogen-bond acceptors (Lipinski definition) is 5. The van der Waals surface area contributed by atoms with E-state index in [9.17, 15) is 13.2 Å². The molecule has 0 aromatic heterocycles. The van der Waals surface area contributed by atoms with Crippen LogP contribution >= 0.6 is 11.6 Å². The Bertz CT molecular complexity index is 1120. The largest absolute Gasteiger partial charge is 0.495 e. The second kappa shape index (κ2) is 9.51. The van der Waals surface area contributed by atoms with Gasteiger partial charge in [-0.05, 0) is 54.6 Å². The third-order valence-electron chi connectivity index (χ3n) is 3.97. The van der Waals surface area contributed by atoms with Crippen molar-refractivity contribution in [3.63, 3.8) is 0 Å². The van der Waals surface area contributed by atoms with Crippen LogP contribution in [0.25, 0.3) is 0 Å². The number of nitrogens with one attached hydrogen (secondary N) is 2. The fourth-order valence-electron chi connectivity index (χ4n) is 2.53. The van der Waals surface area contributed by atoms with Gasteiger partial charge in [-0.2, -0.15) is 0 Å². The molecule has 0 saturated heterocycles. The van der Waals surface area contributed by atoms with E-state index in [4.69, 9.17) is 21.1 Å². The molecule has 0 bridgehead atoms. The molecule has 156 valence electrons. The van der Waals surface area contributed by atoms with Gasteiger partial charge < -0.3 is 14.8 Å². The van der Waals surface area contributed by atoms with E-state index in [0.717, 1.165) is 0 Å². The number of sulfonamides is 1. The van der Waals surface area contributed by atoms with Gasteiger partial charge >= 0.3 is 0 Å². The van der Waals surface area contributed by atoms with Crippen molar-refractivity contribution in [3.05, 3.63) is 77.8 Å². The molecule has 3 aromatic carbocycles. The molecule has 0 atom stereocenters. The minimum atomic E-state index is -3.82. The van der Waals surface area contributed by atoms with Crippen LogP contribution in [-0.2, 0) is 14.8 Å². The predicted octanol–water partition coefficient (Wildman–Crippen LogP) is 4.17. The number of amides is 1. The summed E-state index contributed by atoms with van der Waals surface area (Å²) in [6.45, 7) is -0.205. The van der Waals surface area contributed by atoms with E-state index in [0.29, 0.717) is 22.9 Å². The van der Waals surface area contributed by atoms with Crippen molar-refractivity contribution in [2.45, 2.75) is 4.90 Å². The molecule has 0 aliphatic carbocycles. The van der Waals surface area contributed by atoms with Crippen LogP contribution < -0.4 is 19.5 Å². The first kappa shape index (κ1) is 21.5. The summed E-state index contributed by atoms with van der Waals surface area (Å²) in [5, 5.41) is 2.99. The van der Waals surface area contributed by atoms with Gasteiger partial charge in [0.15, 0.2) is 6.61 Å². The Labute approximate surface area is 179 Å². The van der Waals surface area contributed by atoms with E-state index in [1.54, 1.807) is 24.3 Å². The summed E-state index contributed by atoms with van der Waals surface area (Å²) in [7, 11) is -2.35. The summed E-state index contributed by atoms with van der Waals surface area (Å²) < 4.78 is 38.0. The zero-order valence-electron chi connectivity index (χ0n) is 16.0. The zero-order chi connectivity index (χ0) is 21.6. The molecule has 0 aliphatic rings. The fraction of sp³-hybridized carbons (Fsp3) is 0.0952. The van der Waals surface area contributed by atoms with Crippen LogP contribution in [0.1, 0.15) is 0 Å². The number of anilines is 2. The van der Waals surface area contributed by atoms with E-state index < -0.39 is 10.0 Å². The second-order valence-electron chi connectivity index (χ2n) is 6.13. The van der Waals surface area contributed by atoms with E-state index in [-0.39, 0.29) is 22.4 Å². The van der Waals surface area contributed by atoms with Crippen LogP contribution in [0.5, 0.6) is 11.5 Å². The lowest BCUT2D eigenvalue weighted by atomic mass is 10.3. The summed E-state index contributed by atoms with van der Waals surface area (Å²) in [6.07, 6.45) is 0. The van der Waals surface area contributed by atoms with Crippen LogP contribution in [0.15, 0.2) is 77.7 Å². The number of benzene rings is 3. The molecule has 1 amide bonds. The number of rotatable bonds is 8. The van der Waals surface area contributed by atoms with E-state index >= 15 is 0 Å². The number of methoxy groups -OCH3 is 1. The number of ether oxygens (including phenoxy) is 2. The summed E-state index contributed by atoms with van der Waals surface area (Å²) >= 11 is 6.03. The Morgan fingerprint density at radius 3 is 2.30 bits per heavy atom. The fourth-order valence-corrected chi connectivity index (χ4v) is 3.83. The molecule has 0 radical (unpaired) electrons. The van der Waals surface area contributed by atoms with Crippen LogP contribution in [0.4, 0.5) is 11.4 Å². The van der Waals surface area contributed by atoms with Gasteiger partial charge in [-0.15, -0.1) is 0 Å². The first-order chi connectivity index (χ1) is 14.4. The SMILES string of the molecule is COc1ccc(NS(=O)(=O)c2ccc(OCC(=O)Nc3ccccc3)cc2)cc1Cl. The predicted molar refractivity (Wildman–Crippen MR) is 116 cm³/mol. The zero-order valence-corrected chi connectivity index (χ0v) is 17.5. The molecule has 3 rings (SSSR count). The van der Waals surface area contributed by atoms with Crippen molar-refractivity contribution in [2.75, 3.05) is 23.8 Å². The highest BCUT2D eigenvalue weighted by Gasteiger charge is 2.15. The molecule has 30 heavy (non-hydrogen) atoms. The topological polar surface area (TPSA) is 93.7 Å². The third-order valence-corrected chi connectivity index (χ3v) is 5.66. The third kappa shape index (κ3) is 5.65. The number of para-hydroxylation sites is 1. The average molecular weight is 447 g/mol. The molecule has 7 nitrogen and oxygen atoms in total. The number of carbonyl (C=O) groups excluding carboxylic acids is 1. The lowest BCUT2D eigenvalue weighted by molar-refractivity contribution is -0.118. The Morgan fingerprint density at radius 1 is 0.967 bits per heavy atom. The summed E-state index contributed by atoms with van der Waals surface area (Å²) in [5.41, 5.74) is 0.968. The van der Waals surface area contributed by atoms with Crippen LogP contribution in [-0.4, -0.2) is 28.0 Å². The standard InChI is InChI=1S/C21H19ClN2O5S/c1-28-20-12-7-16(13-19(20)22)24-30(26,27)18-10-8-17(9-11-18)29-14-21(25)23-15-5-3-2-4-6-15/h2-13,24H,14H2,1H3,(H,23,25). The molecule has 0 fully saturated rings. The van der Waals surface area contributed by atoms with E-state index in [2.05, 4.69) is 10.0 Å². The van der Waals surface area contributed by atoms with Crippen molar-refractivity contribution >= 4 is 38.9 Å². The van der Waals surface area contributed by atoms with Gasteiger partial charge in [0.1, 0.15) is 11.5 Å². The Morgan fingerprint density at radius 2 is 1.67 bits per heavy atom. The smallest absolute Gasteiger partial charge is 0.262 e. The van der Waals surface area contributed by atoms with Crippen molar-refractivity contribution in [3.8, 4) is 11.5 Å². The molecule has 0 heterocycles. The monoisotopic (exact) mass is 446 g/mol. The highest BCUT2D eigenvalue weighted by atomic mass is 35.5. The van der Waals surface area contributed by atoms with Crippen molar-refractivity contribution in [1.82, 2.24) is 0 Å². The van der Waals surface area contributed by atoms with Crippen LogP contribution in [0.3, 0.4) is 0 Å². The van der Waals surface area contributed by atoms with Crippen LogP contribution in [0.2, 0.25) is 5.02 Å². The Kier molecular flexibility index (Phi) is 6.81. The van der Waals surface area contributed by atoms with Gasteiger partial charge in [-0.1, -0.05) is 29.8 Å². The molecule has 3 aromatic rings. The lowest BCUT2D eigenvalue weighted by Gasteiger charge is -2.11. The second-order valence-corrected chi connectivity index (χ2v) is 8.22. The molecular weight excluding hydrogens is 428 g/mol. The number of carbonyl (C=O) groups is 1. The van der Waals surface area contributed by atoms with Crippen molar-refractivity contribution in [2.24, 2.45) is 0 Å². The molecule has 2 N–H and O–H groups in total. The lowest BCUT2D eigenvalue weighted by Crippen LogP contribution is -2.20. The van der Waals surface area contributed by atoms with Crippen molar-refractivity contribution in [1.29, 1.82) is 0 Å². The first-order valence-electron chi connectivity index (χ1n) is 8.81. The summed E-state index contributed by atoms with van der Waals surface area (Å²) in [4.78, 5) is 12.0. The van der Waals surface area contributed by atoms with E-state index in [1.165, 1.54) is 37.4 Å². The quantitative estimate of drug-likeness (QED) is 0.541. The normalized spacial score (nSPS) is 10.9. The van der Waals surface area contributed by atoms with E-state index in [1.807, 2.05) is 18.2 Å². The molecule has 0 saturated carbocycles. The Balaban J connectivity index is 1.60. The first-order valence-corrected chi connectivity index (χ1v) is 10.7. The summed E-state index contributed by atoms with van der Waals surface area (Å²) in [6, 6.07) is 19.3. The summed E-state index contributed by atoms with van der Waals surface area (Å²) in [5.74, 6) is 0.484. The maximum Gasteiger partial charge on any atom is 0.262 e. The average Bonchev–Trinajstić information content (AvgIpc) is 2.73. The highest BCUT2D eigenvalue weighted by Crippen LogP contribution is 2.28. The van der Waals surface area contributed by atoms with Gasteiger partial charge in [0.25, 0.3) is 15.9 Å². The van der Waals surface area contributed by atoms with Gasteiger partial charge in [-0.3, -0.25) is 9.52 Å². The van der Waals surface area contributed by atoms with Gasteiger partial charge in [-0.25, -0.2) is 8.42 Å². The maximum atomic E-state index is 12.6. The molecular formula is C21H19ClN2O5S. The molecule has 0 unspecified atom stereocenters. The Hall–Kier alpha value is -3.23. The minimum Gasteiger partial charge on any atom is -0.495 e. The maximum absolute atomic E-state index is 12.6. The van der Waals surface area contributed by atoms with Gasteiger partial charge in [0.05, 0.1) is 22.7 Å². The number of hydrogen-bond donors (Lipinski definition) is 2. The molecule has 0 spiro atoms. The molecule has 9 heteroatoms. The van der Waals surface area contributed by atoms with Gasteiger partial charge in [0, 0.05) is 5.69 Å². The minimum absolute atomic E-state index is 0.0375. The van der Waals surface area contributed by atoms with Gasteiger partial charge in [0.2, 0.25) is 0 Å². The number of halogens is 1.